The zero-order chi connectivity index (χ0) is 12.3. The fraction of sp³-hybridized carbons (Fsp3) is 0.636. The lowest BCUT2D eigenvalue weighted by Crippen LogP contribution is -2.43. The van der Waals surface area contributed by atoms with Crippen molar-refractivity contribution in [3.8, 4) is 0 Å². The minimum atomic E-state index is -0.0856. The van der Waals surface area contributed by atoms with E-state index < -0.39 is 0 Å². The Kier molecular flexibility index (Phi) is 4.76. The molecule has 0 bridgehead atoms. The SMILES string of the molecule is COC(C(NN)c1sccc1Cl)C(C)(C)C. The zero-order valence-corrected chi connectivity index (χ0v) is 11.7. The maximum atomic E-state index is 6.12. The van der Waals surface area contributed by atoms with Crippen LogP contribution in [0.4, 0.5) is 0 Å². The molecule has 1 aromatic rings. The third kappa shape index (κ3) is 2.96. The van der Waals surface area contributed by atoms with Gasteiger partial charge in [0.15, 0.2) is 0 Å². The highest BCUT2D eigenvalue weighted by Crippen LogP contribution is 2.37. The summed E-state index contributed by atoms with van der Waals surface area (Å²) in [6.07, 6.45) is -0.0337. The van der Waals surface area contributed by atoms with Crippen LogP contribution in [0.3, 0.4) is 0 Å². The molecule has 5 heteroatoms. The minimum Gasteiger partial charge on any atom is -0.379 e. The van der Waals surface area contributed by atoms with E-state index in [4.69, 9.17) is 22.2 Å². The number of halogens is 1. The molecule has 0 aliphatic carbocycles. The molecule has 0 saturated heterocycles. The quantitative estimate of drug-likeness (QED) is 0.648. The van der Waals surface area contributed by atoms with Crippen molar-refractivity contribution >= 4 is 22.9 Å². The molecule has 0 amide bonds. The van der Waals surface area contributed by atoms with Crippen molar-refractivity contribution in [2.45, 2.75) is 32.9 Å². The summed E-state index contributed by atoms with van der Waals surface area (Å²) in [7, 11) is 1.70. The third-order valence-electron chi connectivity index (χ3n) is 2.52. The first-order valence-electron chi connectivity index (χ1n) is 5.13. The van der Waals surface area contributed by atoms with Crippen LogP contribution in [0.5, 0.6) is 0 Å². The maximum absolute atomic E-state index is 6.12. The summed E-state index contributed by atoms with van der Waals surface area (Å²) < 4.78 is 5.55. The Labute approximate surface area is 106 Å². The van der Waals surface area contributed by atoms with Crippen LogP contribution in [0.2, 0.25) is 5.02 Å². The average Bonchev–Trinajstić information content (AvgIpc) is 2.58. The standard InChI is InChI=1S/C11H19ClN2OS/c1-11(2,3)10(15-4)8(14-13)9-7(12)5-6-16-9/h5-6,8,10,14H,13H2,1-4H3. The monoisotopic (exact) mass is 262 g/mol. The Morgan fingerprint density at radius 3 is 2.44 bits per heavy atom. The van der Waals surface area contributed by atoms with E-state index in [1.54, 1.807) is 18.4 Å². The van der Waals surface area contributed by atoms with E-state index in [-0.39, 0.29) is 17.6 Å². The molecule has 1 aromatic heterocycles. The highest BCUT2D eigenvalue weighted by atomic mass is 35.5. The summed E-state index contributed by atoms with van der Waals surface area (Å²) in [5, 5.41) is 2.69. The van der Waals surface area contributed by atoms with Crippen molar-refractivity contribution in [2.75, 3.05) is 7.11 Å². The van der Waals surface area contributed by atoms with Gasteiger partial charge in [-0.15, -0.1) is 11.3 Å². The van der Waals surface area contributed by atoms with Gasteiger partial charge in [0.25, 0.3) is 0 Å². The van der Waals surface area contributed by atoms with Crippen LogP contribution in [0.1, 0.15) is 31.7 Å². The summed E-state index contributed by atoms with van der Waals surface area (Å²) in [6.45, 7) is 6.35. The molecule has 0 radical (unpaired) electrons. The first kappa shape index (κ1) is 13.9. The summed E-state index contributed by atoms with van der Waals surface area (Å²) >= 11 is 7.71. The van der Waals surface area contributed by atoms with Crippen molar-refractivity contribution in [2.24, 2.45) is 11.3 Å². The number of thiophene rings is 1. The molecule has 3 N–H and O–H groups in total. The Hall–Kier alpha value is -0.130. The van der Waals surface area contributed by atoms with Crippen LogP contribution in [0, 0.1) is 5.41 Å². The number of hydrogen-bond acceptors (Lipinski definition) is 4. The first-order valence-corrected chi connectivity index (χ1v) is 6.39. The molecular formula is C11H19ClN2OS. The lowest BCUT2D eigenvalue weighted by molar-refractivity contribution is -0.0111. The summed E-state index contributed by atoms with van der Waals surface area (Å²) in [4.78, 5) is 1.02. The molecule has 92 valence electrons. The van der Waals surface area contributed by atoms with Crippen LogP contribution < -0.4 is 11.3 Å². The van der Waals surface area contributed by atoms with Crippen molar-refractivity contribution in [3.63, 3.8) is 0 Å². The lowest BCUT2D eigenvalue weighted by atomic mass is 9.84. The van der Waals surface area contributed by atoms with Gasteiger partial charge in [-0.3, -0.25) is 5.84 Å². The van der Waals surface area contributed by atoms with Crippen LogP contribution >= 0.6 is 22.9 Å². The van der Waals surface area contributed by atoms with E-state index in [0.717, 1.165) is 9.90 Å². The predicted octanol–water partition coefficient (Wildman–Crippen LogP) is 2.97. The van der Waals surface area contributed by atoms with Crippen LogP contribution in [0.15, 0.2) is 11.4 Å². The molecule has 0 aliphatic rings. The molecule has 0 aliphatic heterocycles. The normalized spacial score (nSPS) is 16.1. The van der Waals surface area contributed by atoms with Crippen LogP contribution in [-0.2, 0) is 4.74 Å². The fourth-order valence-electron chi connectivity index (χ4n) is 1.82. The van der Waals surface area contributed by atoms with E-state index >= 15 is 0 Å². The molecule has 3 nitrogen and oxygen atoms in total. The smallest absolute Gasteiger partial charge is 0.0835 e. The van der Waals surface area contributed by atoms with E-state index in [0.29, 0.717) is 0 Å². The molecule has 0 fully saturated rings. The van der Waals surface area contributed by atoms with Crippen LogP contribution in [0.25, 0.3) is 0 Å². The summed E-state index contributed by atoms with van der Waals surface area (Å²) in [5.41, 5.74) is 2.79. The Morgan fingerprint density at radius 1 is 1.50 bits per heavy atom. The lowest BCUT2D eigenvalue weighted by Gasteiger charge is -2.35. The summed E-state index contributed by atoms with van der Waals surface area (Å²) in [5.74, 6) is 5.62. The van der Waals surface area contributed by atoms with Crippen molar-refractivity contribution in [1.29, 1.82) is 0 Å². The van der Waals surface area contributed by atoms with Crippen LogP contribution in [-0.4, -0.2) is 13.2 Å². The number of ether oxygens (including phenoxy) is 1. The number of hydrazine groups is 1. The predicted molar refractivity (Wildman–Crippen MR) is 69.6 cm³/mol. The van der Waals surface area contributed by atoms with Crippen molar-refractivity contribution in [1.82, 2.24) is 5.43 Å². The highest BCUT2D eigenvalue weighted by molar-refractivity contribution is 7.10. The zero-order valence-electron chi connectivity index (χ0n) is 10.1. The molecule has 16 heavy (non-hydrogen) atoms. The van der Waals surface area contributed by atoms with Gasteiger partial charge in [-0.1, -0.05) is 32.4 Å². The van der Waals surface area contributed by atoms with Gasteiger partial charge in [0.05, 0.1) is 17.2 Å². The number of rotatable bonds is 4. The fourth-order valence-corrected chi connectivity index (χ4v) is 3.08. The van der Waals surface area contributed by atoms with Gasteiger partial charge in [0.2, 0.25) is 0 Å². The first-order chi connectivity index (χ1) is 7.41. The van der Waals surface area contributed by atoms with Gasteiger partial charge in [0.1, 0.15) is 0 Å². The Bertz CT molecular complexity index is 335. The molecule has 1 heterocycles. The highest BCUT2D eigenvalue weighted by Gasteiger charge is 2.34. The second-order valence-electron chi connectivity index (χ2n) is 4.80. The second-order valence-corrected chi connectivity index (χ2v) is 6.15. The molecular weight excluding hydrogens is 244 g/mol. The molecule has 0 saturated carbocycles. The van der Waals surface area contributed by atoms with E-state index in [9.17, 15) is 0 Å². The molecule has 0 aromatic carbocycles. The summed E-state index contributed by atoms with van der Waals surface area (Å²) in [6, 6.07) is 1.79. The molecule has 0 spiro atoms. The van der Waals surface area contributed by atoms with E-state index in [1.807, 2.05) is 11.4 Å². The third-order valence-corrected chi connectivity index (χ3v) is 3.96. The van der Waals surface area contributed by atoms with Gasteiger partial charge in [-0.25, -0.2) is 5.43 Å². The second kappa shape index (κ2) is 5.47. The van der Waals surface area contributed by atoms with Crippen molar-refractivity contribution < 1.29 is 4.74 Å². The van der Waals surface area contributed by atoms with Gasteiger partial charge in [-0.2, -0.15) is 0 Å². The molecule has 2 atom stereocenters. The largest absolute Gasteiger partial charge is 0.379 e. The number of nitrogens with one attached hydrogen (secondary N) is 1. The number of nitrogens with two attached hydrogens (primary N) is 1. The van der Waals surface area contributed by atoms with Gasteiger partial charge < -0.3 is 4.74 Å². The van der Waals surface area contributed by atoms with Gasteiger partial charge in [-0.05, 0) is 16.9 Å². The van der Waals surface area contributed by atoms with Crippen molar-refractivity contribution in [3.05, 3.63) is 21.3 Å². The van der Waals surface area contributed by atoms with Gasteiger partial charge >= 0.3 is 0 Å². The average molecular weight is 263 g/mol. The number of hydrogen-bond donors (Lipinski definition) is 2. The van der Waals surface area contributed by atoms with E-state index in [2.05, 4.69) is 26.2 Å². The van der Waals surface area contributed by atoms with Gasteiger partial charge in [0, 0.05) is 12.0 Å². The molecule has 2 unspecified atom stereocenters. The molecule has 1 rings (SSSR count). The Morgan fingerprint density at radius 2 is 2.12 bits per heavy atom. The topological polar surface area (TPSA) is 47.3 Å². The Balaban J connectivity index is 3.02. The maximum Gasteiger partial charge on any atom is 0.0835 e. The van der Waals surface area contributed by atoms with E-state index in [1.165, 1.54) is 0 Å². The minimum absolute atomic E-state index is 0.0148. The number of methoxy groups -OCH3 is 1.